The molecule has 1 fully saturated rings. The van der Waals surface area contributed by atoms with Crippen LogP contribution >= 0.6 is 0 Å². The molecule has 0 saturated heterocycles. The number of carbonyl (C=O) groups is 1. The Hall–Kier alpha value is -1.71. The maximum atomic E-state index is 11.6. The molecule has 1 N–H and O–H groups in total. The fraction of sp³-hybridized carbons (Fsp3) is 0.500. The minimum atomic E-state index is -0.799. The summed E-state index contributed by atoms with van der Waals surface area (Å²) >= 11 is 0. The Balaban J connectivity index is 2.58. The molecule has 0 bridgehead atoms. The van der Waals surface area contributed by atoms with Crippen LogP contribution in [0.4, 0.5) is 0 Å². The third-order valence-corrected chi connectivity index (χ3v) is 3.85. The van der Waals surface area contributed by atoms with Crippen LogP contribution in [0.1, 0.15) is 30.4 Å². The van der Waals surface area contributed by atoms with E-state index >= 15 is 0 Å². The molecule has 0 atom stereocenters. The highest BCUT2D eigenvalue weighted by molar-refractivity contribution is 5.84. The van der Waals surface area contributed by atoms with Crippen LogP contribution in [0, 0.1) is 6.92 Å². The summed E-state index contributed by atoms with van der Waals surface area (Å²) in [6, 6.07) is 3.65. The predicted molar refractivity (Wildman–Crippen MR) is 67.4 cm³/mol. The van der Waals surface area contributed by atoms with E-state index in [9.17, 15) is 9.90 Å². The van der Waals surface area contributed by atoms with Crippen LogP contribution in [-0.4, -0.2) is 25.3 Å². The van der Waals surface area contributed by atoms with Gasteiger partial charge in [0.2, 0.25) is 0 Å². The van der Waals surface area contributed by atoms with Gasteiger partial charge in [0.25, 0.3) is 0 Å². The molecule has 18 heavy (non-hydrogen) atoms. The molecule has 1 aromatic rings. The van der Waals surface area contributed by atoms with Gasteiger partial charge in [-0.05, 0) is 37.5 Å². The molecule has 1 aliphatic rings. The number of hydrogen-bond acceptors (Lipinski definition) is 3. The lowest BCUT2D eigenvalue weighted by Crippen LogP contribution is -2.42. The summed E-state index contributed by atoms with van der Waals surface area (Å²) < 4.78 is 10.6. The number of methoxy groups -OCH3 is 2. The molecule has 2 rings (SSSR count). The standard InChI is InChI=1S/C14H18O4/c1-9-7-12(18-3)10(8-11(9)17-2)14(13(15)16)5-4-6-14/h7-8H,4-6H2,1-3H3,(H,15,16). The first kappa shape index (κ1) is 12.7. The van der Waals surface area contributed by atoms with Crippen molar-refractivity contribution in [2.45, 2.75) is 31.6 Å². The molecule has 0 radical (unpaired) electrons. The van der Waals surface area contributed by atoms with Crippen molar-refractivity contribution in [1.29, 1.82) is 0 Å². The molecule has 98 valence electrons. The topological polar surface area (TPSA) is 55.8 Å². The zero-order chi connectivity index (χ0) is 13.3. The summed E-state index contributed by atoms with van der Waals surface area (Å²) in [7, 11) is 3.16. The predicted octanol–water partition coefficient (Wildman–Crippen LogP) is 2.52. The Kier molecular flexibility index (Phi) is 3.20. The van der Waals surface area contributed by atoms with Crippen molar-refractivity contribution >= 4 is 5.97 Å². The third-order valence-electron chi connectivity index (χ3n) is 3.85. The van der Waals surface area contributed by atoms with E-state index in [-0.39, 0.29) is 0 Å². The highest BCUT2D eigenvalue weighted by Crippen LogP contribution is 2.48. The summed E-state index contributed by atoms with van der Waals surface area (Å²) in [5.74, 6) is 0.562. The molecule has 1 saturated carbocycles. The lowest BCUT2D eigenvalue weighted by Gasteiger charge is -2.39. The van der Waals surface area contributed by atoms with E-state index in [2.05, 4.69) is 0 Å². The molecule has 0 heterocycles. The van der Waals surface area contributed by atoms with Crippen LogP contribution in [0.2, 0.25) is 0 Å². The summed E-state index contributed by atoms with van der Waals surface area (Å²) in [6.45, 7) is 1.92. The van der Waals surface area contributed by atoms with E-state index in [0.717, 1.165) is 17.5 Å². The van der Waals surface area contributed by atoms with Crippen LogP contribution < -0.4 is 9.47 Å². The van der Waals surface area contributed by atoms with Crippen LogP contribution in [0.3, 0.4) is 0 Å². The summed E-state index contributed by atoms with van der Waals surface area (Å²) in [5.41, 5.74) is 0.871. The first-order valence-corrected chi connectivity index (χ1v) is 6.01. The fourth-order valence-corrected chi connectivity index (χ4v) is 2.55. The molecule has 0 unspecified atom stereocenters. The Bertz CT molecular complexity index is 475. The summed E-state index contributed by atoms with van der Waals surface area (Å²) in [5, 5.41) is 9.49. The van der Waals surface area contributed by atoms with Crippen molar-refractivity contribution in [2.24, 2.45) is 0 Å². The van der Waals surface area contributed by atoms with Crippen molar-refractivity contribution in [1.82, 2.24) is 0 Å². The lowest BCUT2D eigenvalue weighted by atomic mass is 9.64. The first-order valence-electron chi connectivity index (χ1n) is 6.01. The van der Waals surface area contributed by atoms with E-state index in [1.165, 1.54) is 0 Å². The molecule has 0 amide bonds. The van der Waals surface area contributed by atoms with Crippen LogP contribution in [0.25, 0.3) is 0 Å². The number of aryl methyl sites for hydroxylation is 1. The largest absolute Gasteiger partial charge is 0.496 e. The van der Waals surface area contributed by atoms with Gasteiger partial charge in [0, 0.05) is 5.56 Å². The number of carboxylic acid groups (broad SMARTS) is 1. The molecular formula is C14H18O4. The molecule has 0 spiro atoms. The average molecular weight is 250 g/mol. The second-order valence-electron chi connectivity index (χ2n) is 4.76. The first-order chi connectivity index (χ1) is 8.55. The van der Waals surface area contributed by atoms with Crippen molar-refractivity contribution < 1.29 is 19.4 Å². The molecule has 0 aliphatic heterocycles. The quantitative estimate of drug-likeness (QED) is 0.892. The molecule has 4 heteroatoms. The number of rotatable bonds is 4. The monoisotopic (exact) mass is 250 g/mol. The SMILES string of the molecule is COc1cc(C2(C(=O)O)CCC2)c(OC)cc1C. The van der Waals surface area contributed by atoms with Crippen LogP contribution in [0.15, 0.2) is 12.1 Å². The van der Waals surface area contributed by atoms with E-state index in [0.29, 0.717) is 24.3 Å². The molecule has 4 nitrogen and oxygen atoms in total. The summed E-state index contributed by atoms with van der Waals surface area (Å²) in [4.78, 5) is 11.6. The molecule has 0 aromatic heterocycles. The minimum absolute atomic E-state index is 0.635. The van der Waals surface area contributed by atoms with Crippen molar-refractivity contribution in [2.75, 3.05) is 14.2 Å². The lowest BCUT2D eigenvalue weighted by molar-refractivity contribution is -0.147. The normalized spacial score (nSPS) is 16.8. The number of benzene rings is 1. The number of aliphatic carboxylic acids is 1. The zero-order valence-corrected chi connectivity index (χ0v) is 10.9. The Morgan fingerprint density at radius 3 is 2.22 bits per heavy atom. The molecule has 1 aromatic carbocycles. The maximum absolute atomic E-state index is 11.6. The Morgan fingerprint density at radius 2 is 1.83 bits per heavy atom. The van der Waals surface area contributed by atoms with Gasteiger partial charge in [-0.3, -0.25) is 4.79 Å². The van der Waals surface area contributed by atoms with Gasteiger partial charge in [0.15, 0.2) is 0 Å². The van der Waals surface area contributed by atoms with E-state index in [1.807, 2.05) is 13.0 Å². The van der Waals surface area contributed by atoms with Gasteiger partial charge in [0.05, 0.1) is 19.6 Å². The second-order valence-corrected chi connectivity index (χ2v) is 4.76. The van der Waals surface area contributed by atoms with Gasteiger partial charge in [-0.25, -0.2) is 0 Å². The highest BCUT2D eigenvalue weighted by Gasteiger charge is 2.48. The van der Waals surface area contributed by atoms with Gasteiger partial charge < -0.3 is 14.6 Å². The number of ether oxygens (including phenoxy) is 2. The van der Waals surface area contributed by atoms with Crippen molar-refractivity contribution in [3.8, 4) is 11.5 Å². The Labute approximate surface area is 107 Å². The third kappa shape index (κ3) is 1.72. The summed E-state index contributed by atoms with van der Waals surface area (Å²) in [6.07, 6.45) is 2.25. The second kappa shape index (κ2) is 4.52. The van der Waals surface area contributed by atoms with Gasteiger partial charge in [-0.15, -0.1) is 0 Å². The maximum Gasteiger partial charge on any atom is 0.314 e. The van der Waals surface area contributed by atoms with Crippen molar-refractivity contribution in [3.05, 3.63) is 23.3 Å². The van der Waals surface area contributed by atoms with Gasteiger partial charge in [-0.2, -0.15) is 0 Å². The van der Waals surface area contributed by atoms with Gasteiger partial charge in [-0.1, -0.05) is 6.42 Å². The van der Waals surface area contributed by atoms with E-state index in [4.69, 9.17) is 9.47 Å². The molecule has 1 aliphatic carbocycles. The Morgan fingerprint density at radius 1 is 1.22 bits per heavy atom. The van der Waals surface area contributed by atoms with Crippen LogP contribution in [-0.2, 0) is 10.2 Å². The van der Waals surface area contributed by atoms with Crippen molar-refractivity contribution in [3.63, 3.8) is 0 Å². The zero-order valence-electron chi connectivity index (χ0n) is 10.9. The van der Waals surface area contributed by atoms with E-state index < -0.39 is 11.4 Å². The number of carboxylic acids is 1. The number of hydrogen-bond donors (Lipinski definition) is 1. The van der Waals surface area contributed by atoms with Crippen LogP contribution in [0.5, 0.6) is 11.5 Å². The van der Waals surface area contributed by atoms with Gasteiger partial charge >= 0.3 is 5.97 Å². The fourth-order valence-electron chi connectivity index (χ4n) is 2.55. The molecular weight excluding hydrogens is 232 g/mol. The smallest absolute Gasteiger partial charge is 0.314 e. The minimum Gasteiger partial charge on any atom is -0.496 e. The van der Waals surface area contributed by atoms with Gasteiger partial charge in [0.1, 0.15) is 11.5 Å². The average Bonchev–Trinajstić information content (AvgIpc) is 2.28. The van der Waals surface area contributed by atoms with E-state index in [1.54, 1.807) is 20.3 Å². The highest BCUT2D eigenvalue weighted by atomic mass is 16.5.